The van der Waals surface area contributed by atoms with Gasteiger partial charge in [0.05, 0.1) is 18.8 Å². The van der Waals surface area contributed by atoms with Gasteiger partial charge in [-0.2, -0.15) is 0 Å². The van der Waals surface area contributed by atoms with Gasteiger partial charge in [0.25, 0.3) is 5.56 Å². The average molecular weight is 327 g/mol. The number of nitrogens with two attached hydrogens (primary N) is 1. The molecule has 2 heterocycles. The van der Waals surface area contributed by atoms with Crippen LogP contribution in [0.15, 0.2) is 35.1 Å². The summed E-state index contributed by atoms with van der Waals surface area (Å²) in [5.41, 5.74) is 6.77. The number of fused-ring (bicyclic) bond motifs is 1. The predicted octanol–water partition coefficient (Wildman–Crippen LogP) is -0.0101. The molecule has 124 valence electrons. The van der Waals surface area contributed by atoms with E-state index in [0.717, 1.165) is 5.56 Å². The van der Waals surface area contributed by atoms with Crippen molar-refractivity contribution in [2.45, 2.75) is 13.0 Å². The van der Waals surface area contributed by atoms with Gasteiger partial charge in [0.1, 0.15) is 5.82 Å². The lowest BCUT2D eigenvalue weighted by Gasteiger charge is -2.27. The van der Waals surface area contributed by atoms with E-state index >= 15 is 0 Å². The second kappa shape index (κ2) is 6.53. The maximum Gasteiger partial charge on any atom is 0.312 e. The van der Waals surface area contributed by atoms with Crippen molar-refractivity contribution < 1.29 is 9.59 Å². The molecule has 4 N–H and O–H groups in total. The molecule has 8 heteroatoms. The van der Waals surface area contributed by atoms with Crippen molar-refractivity contribution in [1.29, 1.82) is 0 Å². The Kier molecular flexibility index (Phi) is 4.28. The summed E-state index contributed by atoms with van der Waals surface area (Å²) in [6.45, 7) is 0.472. The second-order valence-corrected chi connectivity index (χ2v) is 5.49. The molecule has 0 bridgehead atoms. The van der Waals surface area contributed by atoms with Gasteiger partial charge in [-0.15, -0.1) is 0 Å². The monoisotopic (exact) mass is 327 g/mol. The third-order valence-corrected chi connectivity index (χ3v) is 3.89. The third-order valence-electron chi connectivity index (χ3n) is 3.89. The van der Waals surface area contributed by atoms with Gasteiger partial charge >= 0.3 is 6.03 Å². The zero-order chi connectivity index (χ0) is 17.1. The van der Waals surface area contributed by atoms with Gasteiger partial charge in [-0.05, 0) is 6.42 Å². The number of aromatic nitrogens is 2. The second-order valence-electron chi connectivity index (χ2n) is 5.49. The van der Waals surface area contributed by atoms with Crippen LogP contribution in [0.5, 0.6) is 0 Å². The van der Waals surface area contributed by atoms with Gasteiger partial charge in [-0.3, -0.25) is 9.59 Å². The Balaban J connectivity index is 1.85. The molecule has 1 aliphatic rings. The molecule has 0 saturated carbocycles. The number of nitrogens with one attached hydrogen (secondary N) is 2. The topological polar surface area (TPSA) is 121 Å². The number of primary amides is 1. The molecular formula is C16H17N5O3. The average Bonchev–Trinajstić information content (AvgIpc) is 2.59. The van der Waals surface area contributed by atoms with Crippen LogP contribution in [0.4, 0.5) is 4.79 Å². The van der Waals surface area contributed by atoms with Gasteiger partial charge < -0.3 is 20.9 Å². The van der Waals surface area contributed by atoms with E-state index in [0.29, 0.717) is 30.0 Å². The van der Waals surface area contributed by atoms with Crippen molar-refractivity contribution in [3.63, 3.8) is 0 Å². The number of rotatable bonds is 3. The quantitative estimate of drug-likeness (QED) is 0.734. The lowest BCUT2D eigenvalue weighted by molar-refractivity contribution is -0.131. The molecular weight excluding hydrogens is 310 g/mol. The molecule has 0 saturated heterocycles. The van der Waals surface area contributed by atoms with Crippen molar-refractivity contribution in [3.8, 4) is 11.4 Å². The smallest absolute Gasteiger partial charge is 0.312 e. The normalized spacial score (nSPS) is 13.2. The molecule has 3 amide bonds. The van der Waals surface area contributed by atoms with Crippen LogP contribution < -0.4 is 16.6 Å². The number of carbonyl (C=O) groups is 2. The van der Waals surface area contributed by atoms with Crippen LogP contribution in [0, 0.1) is 0 Å². The van der Waals surface area contributed by atoms with E-state index in [2.05, 4.69) is 15.3 Å². The highest BCUT2D eigenvalue weighted by molar-refractivity contribution is 5.83. The van der Waals surface area contributed by atoms with Crippen LogP contribution >= 0.6 is 0 Å². The van der Waals surface area contributed by atoms with Crippen molar-refractivity contribution in [1.82, 2.24) is 20.2 Å². The SMILES string of the molecule is NC(=O)NCC(=O)N1CCc2c(nc(-c3ccccc3)[nH]c2=O)C1. The van der Waals surface area contributed by atoms with Crippen LogP contribution in [0.25, 0.3) is 11.4 Å². The Morgan fingerprint density at radius 2 is 2.04 bits per heavy atom. The summed E-state index contributed by atoms with van der Waals surface area (Å²) in [4.78, 5) is 43.9. The lowest BCUT2D eigenvalue weighted by atomic mass is 10.1. The van der Waals surface area contributed by atoms with Gasteiger partial charge in [-0.25, -0.2) is 9.78 Å². The first-order valence-corrected chi connectivity index (χ1v) is 7.53. The number of hydrogen-bond acceptors (Lipinski definition) is 4. The first-order chi connectivity index (χ1) is 11.5. The van der Waals surface area contributed by atoms with E-state index in [1.807, 2.05) is 30.3 Å². The molecule has 2 aromatic rings. The lowest BCUT2D eigenvalue weighted by Crippen LogP contribution is -2.45. The Hall–Kier alpha value is -3.16. The van der Waals surface area contributed by atoms with Crippen molar-refractivity contribution in [2.24, 2.45) is 5.73 Å². The van der Waals surface area contributed by atoms with E-state index in [-0.39, 0.29) is 24.6 Å². The Morgan fingerprint density at radius 3 is 2.75 bits per heavy atom. The van der Waals surface area contributed by atoms with Gasteiger partial charge in [0.15, 0.2) is 0 Å². The number of urea groups is 1. The molecule has 1 aliphatic heterocycles. The number of amides is 3. The molecule has 0 aliphatic carbocycles. The summed E-state index contributed by atoms with van der Waals surface area (Å²) >= 11 is 0. The first kappa shape index (κ1) is 15.7. The fourth-order valence-electron chi connectivity index (χ4n) is 2.66. The summed E-state index contributed by atoms with van der Waals surface area (Å²) in [6, 6.07) is 8.56. The van der Waals surface area contributed by atoms with E-state index in [1.165, 1.54) is 0 Å². The van der Waals surface area contributed by atoms with Crippen molar-refractivity contribution >= 4 is 11.9 Å². The largest absolute Gasteiger partial charge is 0.352 e. The number of benzene rings is 1. The molecule has 0 radical (unpaired) electrons. The number of H-pyrrole nitrogens is 1. The Labute approximate surface area is 137 Å². The molecule has 3 rings (SSSR count). The van der Waals surface area contributed by atoms with Crippen LogP contribution in [-0.2, 0) is 17.8 Å². The molecule has 24 heavy (non-hydrogen) atoms. The molecule has 0 spiro atoms. The highest BCUT2D eigenvalue weighted by Gasteiger charge is 2.24. The highest BCUT2D eigenvalue weighted by atomic mass is 16.2. The zero-order valence-corrected chi connectivity index (χ0v) is 12.9. The maximum atomic E-state index is 12.3. The van der Waals surface area contributed by atoms with Crippen LogP contribution in [0.3, 0.4) is 0 Å². The molecule has 1 aromatic carbocycles. The van der Waals surface area contributed by atoms with Gasteiger partial charge in [-0.1, -0.05) is 30.3 Å². The van der Waals surface area contributed by atoms with E-state index < -0.39 is 6.03 Å². The Morgan fingerprint density at radius 1 is 1.29 bits per heavy atom. The number of hydrogen-bond donors (Lipinski definition) is 3. The minimum atomic E-state index is -0.748. The van der Waals surface area contributed by atoms with Gasteiger partial charge in [0.2, 0.25) is 5.91 Å². The molecule has 1 aromatic heterocycles. The van der Waals surface area contributed by atoms with E-state index in [9.17, 15) is 14.4 Å². The van der Waals surface area contributed by atoms with Crippen LogP contribution in [-0.4, -0.2) is 39.9 Å². The summed E-state index contributed by atoms with van der Waals surface area (Å²) in [6.07, 6.45) is 0.426. The number of carbonyl (C=O) groups excluding carboxylic acids is 2. The standard InChI is InChI=1S/C16H17N5O3/c17-16(24)18-8-13(22)21-7-6-11-12(9-21)19-14(20-15(11)23)10-4-2-1-3-5-10/h1-5H,6-9H2,(H3,17,18,24)(H,19,20,23). The number of aromatic amines is 1. The molecule has 8 nitrogen and oxygen atoms in total. The van der Waals surface area contributed by atoms with Crippen molar-refractivity contribution in [2.75, 3.05) is 13.1 Å². The molecule has 0 unspecified atom stereocenters. The fraction of sp³-hybridized carbons (Fsp3) is 0.250. The Bertz CT molecular complexity index is 831. The highest BCUT2D eigenvalue weighted by Crippen LogP contribution is 2.18. The maximum absolute atomic E-state index is 12.3. The summed E-state index contributed by atoms with van der Waals surface area (Å²) in [5, 5.41) is 2.27. The number of nitrogens with zero attached hydrogens (tertiary/aromatic N) is 2. The fourth-order valence-corrected chi connectivity index (χ4v) is 2.66. The van der Waals surface area contributed by atoms with Crippen LogP contribution in [0.2, 0.25) is 0 Å². The third kappa shape index (κ3) is 3.27. The van der Waals surface area contributed by atoms with Gasteiger partial charge in [0, 0.05) is 17.7 Å². The molecule has 0 atom stereocenters. The summed E-state index contributed by atoms with van der Waals surface area (Å²) in [7, 11) is 0. The zero-order valence-electron chi connectivity index (χ0n) is 12.9. The minimum absolute atomic E-state index is 0.167. The molecule has 0 fully saturated rings. The van der Waals surface area contributed by atoms with Crippen LogP contribution in [0.1, 0.15) is 11.3 Å². The summed E-state index contributed by atoms with van der Waals surface area (Å²) in [5.74, 6) is 0.215. The van der Waals surface area contributed by atoms with E-state index in [1.54, 1.807) is 4.90 Å². The van der Waals surface area contributed by atoms with Crippen molar-refractivity contribution in [3.05, 3.63) is 51.9 Å². The summed E-state index contributed by atoms with van der Waals surface area (Å²) < 4.78 is 0. The first-order valence-electron chi connectivity index (χ1n) is 7.53. The predicted molar refractivity (Wildman–Crippen MR) is 87.0 cm³/mol. The minimum Gasteiger partial charge on any atom is -0.352 e. The van der Waals surface area contributed by atoms with E-state index in [4.69, 9.17) is 5.73 Å².